The summed E-state index contributed by atoms with van der Waals surface area (Å²) < 4.78 is 64.5. The second-order valence-electron chi connectivity index (χ2n) is 7.74. The largest absolute Gasteiger partial charge is 0.405 e. The van der Waals surface area contributed by atoms with Crippen LogP contribution in [0, 0.1) is 11.6 Å². The molecule has 0 spiro atoms. The van der Waals surface area contributed by atoms with Gasteiger partial charge in [0.2, 0.25) is 5.91 Å². The van der Waals surface area contributed by atoms with Gasteiger partial charge in [-0.1, -0.05) is 17.7 Å². The third-order valence-electron chi connectivity index (χ3n) is 4.92. The van der Waals surface area contributed by atoms with Gasteiger partial charge >= 0.3 is 6.18 Å². The normalized spacial score (nSPS) is 17.0. The zero-order valence-corrected chi connectivity index (χ0v) is 17.0. The number of amides is 1. The van der Waals surface area contributed by atoms with Gasteiger partial charge in [0.15, 0.2) is 0 Å². The zero-order chi connectivity index (χ0) is 23.0. The number of halogens is 6. The van der Waals surface area contributed by atoms with Gasteiger partial charge in [0.1, 0.15) is 23.3 Å². The Bertz CT molecular complexity index is 993. The monoisotopic (exact) mass is 463 g/mol. The first-order valence-corrected chi connectivity index (χ1v) is 9.65. The van der Waals surface area contributed by atoms with Crippen LogP contribution in [0.3, 0.4) is 0 Å². The number of hydrogen-bond donors (Lipinski definition) is 3. The fraction of sp³-hybridized carbons (Fsp3) is 0.400. The molecule has 1 aromatic heterocycles. The first-order valence-electron chi connectivity index (χ1n) is 9.27. The Hall–Kier alpha value is -2.46. The molecule has 11 heteroatoms. The smallest absolute Gasteiger partial charge is 0.385 e. The number of carbonyl (C=O) groups excluding carboxylic acids is 1. The molecule has 1 fully saturated rings. The SMILES string of the molecule is C[C@](O)(CC(=O)NC1(c2cc(NCC(F)(F)F)cc(Cl)n2)CC1)c1ccc(F)cc1F. The number of anilines is 1. The van der Waals surface area contributed by atoms with Gasteiger partial charge in [0, 0.05) is 17.3 Å². The van der Waals surface area contributed by atoms with E-state index in [9.17, 15) is 31.9 Å². The summed E-state index contributed by atoms with van der Waals surface area (Å²) in [6, 6.07) is 5.23. The van der Waals surface area contributed by atoms with Crippen molar-refractivity contribution < 1.29 is 31.9 Å². The van der Waals surface area contributed by atoms with E-state index >= 15 is 0 Å². The molecule has 5 nitrogen and oxygen atoms in total. The summed E-state index contributed by atoms with van der Waals surface area (Å²) in [4.78, 5) is 16.7. The lowest BCUT2D eigenvalue weighted by Gasteiger charge is -2.26. The first kappa shape index (κ1) is 23.2. The van der Waals surface area contributed by atoms with Crippen LogP contribution in [0.2, 0.25) is 5.15 Å². The average Bonchev–Trinajstić information content (AvgIpc) is 3.38. The number of carbonyl (C=O) groups is 1. The molecule has 0 bridgehead atoms. The van der Waals surface area contributed by atoms with Gasteiger partial charge in [-0.25, -0.2) is 13.8 Å². The number of nitrogens with zero attached hydrogens (tertiary/aromatic N) is 1. The van der Waals surface area contributed by atoms with Crippen molar-refractivity contribution in [1.29, 1.82) is 0 Å². The second-order valence-corrected chi connectivity index (χ2v) is 8.12. The maximum absolute atomic E-state index is 14.0. The summed E-state index contributed by atoms with van der Waals surface area (Å²) in [5.41, 5.74) is -2.75. The lowest BCUT2D eigenvalue weighted by Crippen LogP contribution is -2.39. The van der Waals surface area contributed by atoms with E-state index in [0.29, 0.717) is 18.9 Å². The maximum atomic E-state index is 14.0. The van der Waals surface area contributed by atoms with Crippen LogP contribution >= 0.6 is 11.6 Å². The number of nitrogens with one attached hydrogen (secondary N) is 2. The summed E-state index contributed by atoms with van der Waals surface area (Å²) in [5.74, 6) is -2.45. The van der Waals surface area contributed by atoms with Crippen LogP contribution in [0.5, 0.6) is 0 Å². The van der Waals surface area contributed by atoms with Gasteiger partial charge in [-0.05, 0) is 38.0 Å². The predicted octanol–water partition coefficient (Wildman–Crippen LogP) is 4.39. The highest BCUT2D eigenvalue weighted by atomic mass is 35.5. The minimum atomic E-state index is -4.43. The molecule has 1 aliphatic carbocycles. The Morgan fingerprint density at radius 1 is 1.23 bits per heavy atom. The zero-order valence-electron chi connectivity index (χ0n) is 16.3. The Morgan fingerprint density at radius 3 is 2.48 bits per heavy atom. The second kappa shape index (κ2) is 8.23. The Balaban J connectivity index is 1.73. The molecule has 1 saturated carbocycles. The number of alkyl halides is 3. The molecule has 3 N–H and O–H groups in total. The predicted molar refractivity (Wildman–Crippen MR) is 103 cm³/mol. The van der Waals surface area contributed by atoms with E-state index < -0.39 is 47.8 Å². The Morgan fingerprint density at radius 2 is 1.90 bits per heavy atom. The van der Waals surface area contributed by atoms with Crippen molar-refractivity contribution >= 4 is 23.2 Å². The van der Waals surface area contributed by atoms with Gasteiger partial charge < -0.3 is 15.7 Å². The highest BCUT2D eigenvalue weighted by Gasteiger charge is 2.48. The van der Waals surface area contributed by atoms with Crippen molar-refractivity contribution in [2.75, 3.05) is 11.9 Å². The van der Waals surface area contributed by atoms with E-state index in [1.165, 1.54) is 19.1 Å². The fourth-order valence-corrected chi connectivity index (χ4v) is 3.47. The van der Waals surface area contributed by atoms with E-state index in [-0.39, 0.29) is 22.1 Å². The van der Waals surface area contributed by atoms with Crippen molar-refractivity contribution in [3.8, 4) is 0 Å². The molecule has 168 valence electrons. The number of pyridine rings is 1. The lowest BCUT2D eigenvalue weighted by atomic mass is 9.91. The number of benzene rings is 1. The van der Waals surface area contributed by atoms with Gasteiger partial charge in [0.05, 0.1) is 23.3 Å². The third-order valence-corrected chi connectivity index (χ3v) is 5.12. The van der Waals surface area contributed by atoms with Crippen LogP contribution < -0.4 is 10.6 Å². The molecular weight excluding hydrogens is 445 g/mol. The maximum Gasteiger partial charge on any atom is 0.405 e. The molecule has 0 saturated heterocycles. The molecule has 1 atom stereocenters. The van der Waals surface area contributed by atoms with Gasteiger partial charge in [-0.15, -0.1) is 0 Å². The summed E-state index contributed by atoms with van der Waals surface area (Å²) in [5, 5.41) is 15.4. The van der Waals surface area contributed by atoms with E-state index in [1.807, 2.05) is 0 Å². The van der Waals surface area contributed by atoms with Gasteiger partial charge in [-0.2, -0.15) is 13.2 Å². The quantitative estimate of drug-likeness (QED) is 0.420. The van der Waals surface area contributed by atoms with E-state index in [4.69, 9.17) is 11.6 Å². The van der Waals surface area contributed by atoms with Crippen molar-refractivity contribution in [1.82, 2.24) is 10.3 Å². The van der Waals surface area contributed by atoms with Crippen molar-refractivity contribution in [2.45, 2.75) is 43.5 Å². The van der Waals surface area contributed by atoms with E-state index in [0.717, 1.165) is 12.1 Å². The molecule has 0 unspecified atom stereocenters. The Kier molecular flexibility index (Phi) is 6.16. The third kappa shape index (κ3) is 5.82. The van der Waals surface area contributed by atoms with E-state index in [2.05, 4.69) is 15.6 Å². The van der Waals surface area contributed by atoms with E-state index in [1.54, 1.807) is 0 Å². The first-order chi connectivity index (χ1) is 14.3. The number of aromatic nitrogens is 1. The number of rotatable bonds is 7. The van der Waals surface area contributed by atoms with Crippen molar-refractivity contribution in [3.63, 3.8) is 0 Å². The minimum absolute atomic E-state index is 0.0527. The minimum Gasteiger partial charge on any atom is -0.385 e. The fourth-order valence-electron chi connectivity index (χ4n) is 3.26. The molecule has 0 aliphatic heterocycles. The number of hydrogen-bond acceptors (Lipinski definition) is 4. The number of aliphatic hydroxyl groups is 1. The van der Waals surface area contributed by atoms with Crippen LogP contribution in [0.25, 0.3) is 0 Å². The summed E-state index contributed by atoms with van der Waals surface area (Å²) in [7, 11) is 0. The van der Waals surface area contributed by atoms with Gasteiger partial charge in [0.25, 0.3) is 0 Å². The molecule has 3 rings (SSSR count). The van der Waals surface area contributed by atoms with Crippen LogP contribution in [-0.2, 0) is 15.9 Å². The van der Waals surface area contributed by atoms with Crippen LogP contribution in [0.1, 0.15) is 37.4 Å². The molecule has 0 radical (unpaired) electrons. The molecule has 1 amide bonds. The van der Waals surface area contributed by atoms with Gasteiger partial charge in [-0.3, -0.25) is 4.79 Å². The molecule has 2 aromatic rings. The standard InChI is InChI=1S/C20H19ClF5N3O2/c1-18(31,13-3-2-11(22)6-14(13)23)9-17(30)29-19(4-5-19)15-7-12(8-16(21)28-15)27-10-20(24,25)26/h2-3,6-8,31H,4-5,9-10H2,1H3,(H,27,28)(H,29,30)/t18-/m0/s1. The summed E-state index contributed by atoms with van der Waals surface area (Å²) in [6.07, 6.45) is -4.05. The van der Waals surface area contributed by atoms with Crippen LogP contribution in [0.15, 0.2) is 30.3 Å². The molecule has 31 heavy (non-hydrogen) atoms. The van der Waals surface area contributed by atoms with Crippen molar-refractivity contribution in [2.24, 2.45) is 0 Å². The summed E-state index contributed by atoms with van der Waals surface area (Å²) in [6.45, 7) is -0.0441. The van der Waals surface area contributed by atoms with Crippen molar-refractivity contribution in [3.05, 3.63) is 58.4 Å². The average molecular weight is 464 g/mol. The molecule has 1 aliphatic rings. The highest BCUT2D eigenvalue weighted by Crippen LogP contribution is 2.46. The molecule has 1 aromatic carbocycles. The Labute approximate surface area is 179 Å². The lowest BCUT2D eigenvalue weighted by molar-refractivity contribution is -0.127. The molecular formula is C20H19ClF5N3O2. The molecule has 1 heterocycles. The summed E-state index contributed by atoms with van der Waals surface area (Å²) >= 11 is 5.93. The van der Waals surface area contributed by atoms with Crippen LogP contribution in [-0.4, -0.2) is 28.7 Å². The topological polar surface area (TPSA) is 74.2 Å². The van der Waals surface area contributed by atoms with Crippen LogP contribution in [0.4, 0.5) is 27.6 Å². The highest BCUT2D eigenvalue weighted by molar-refractivity contribution is 6.29.